The van der Waals surface area contributed by atoms with Crippen LogP contribution in [-0.2, 0) is 14.8 Å². The van der Waals surface area contributed by atoms with E-state index >= 15 is 0 Å². The second-order valence-corrected chi connectivity index (χ2v) is 7.41. The molecule has 7 nitrogen and oxygen atoms in total. The number of carboxylic acid groups (broad SMARTS) is 1. The minimum Gasteiger partial charge on any atom is -0.480 e. The minimum atomic E-state index is -3.71. The fraction of sp³-hybridized carbons (Fsp3) is 0.467. The first kappa shape index (κ1) is 19.1. The molecule has 2 N–H and O–H groups in total. The molecule has 0 saturated heterocycles. The largest absolute Gasteiger partial charge is 0.480 e. The molecule has 1 atom stereocenters. The second kappa shape index (κ2) is 7.56. The molecule has 0 bridgehead atoms. The molecule has 0 aliphatic carbocycles. The molecule has 0 fully saturated rings. The van der Waals surface area contributed by atoms with Gasteiger partial charge in [0.15, 0.2) is 0 Å². The third kappa shape index (κ3) is 4.52. The average Bonchev–Trinajstić information content (AvgIpc) is 2.51. The number of nitrogens with one attached hydrogen (secondary N) is 1. The average molecular weight is 342 g/mol. The van der Waals surface area contributed by atoms with Gasteiger partial charge in [-0.3, -0.25) is 4.79 Å². The quantitative estimate of drug-likeness (QED) is 0.777. The van der Waals surface area contributed by atoms with E-state index in [-0.39, 0.29) is 22.9 Å². The van der Waals surface area contributed by atoms with Gasteiger partial charge in [0, 0.05) is 18.7 Å². The summed E-state index contributed by atoms with van der Waals surface area (Å²) in [6.45, 7) is 5.12. The Bertz CT molecular complexity index is 685. The van der Waals surface area contributed by atoms with Crippen LogP contribution in [0.3, 0.4) is 0 Å². The summed E-state index contributed by atoms with van der Waals surface area (Å²) in [5.41, 5.74) is 0.0999. The van der Waals surface area contributed by atoms with Crippen molar-refractivity contribution in [3.05, 3.63) is 29.8 Å². The first-order valence-electron chi connectivity index (χ1n) is 7.23. The van der Waals surface area contributed by atoms with Crippen LogP contribution in [0.2, 0.25) is 0 Å². The molecule has 0 aromatic heterocycles. The van der Waals surface area contributed by atoms with Crippen LogP contribution in [0.5, 0.6) is 0 Å². The van der Waals surface area contributed by atoms with E-state index in [1.165, 1.54) is 35.6 Å². The number of carboxylic acids is 1. The van der Waals surface area contributed by atoms with Crippen molar-refractivity contribution in [2.45, 2.75) is 44.2 Å². The van der Waals surface area contributed by atoms with Gasteiger partial charge in [0.25, 0.3) is 5.91 Å². The first-order chi connectivity index (χ1) is 10.6. The Balaban J connectivity index is 3.10. The van der Waals surface area contributed by atoms with E-state index < -0.39 is 27.9 Å². The van der Waals surface area contributed by atoms with Crippen LogP contribution in [0.1, 0.15) is 37.6 Å². The van der Waals surface area contributed by atoms with Crippen LogP contribution < -0.4 is 5.32 Å². The maximum atomic E-state index is 12.4. The SMILES string of the molecule is CCC(NC(=O)c1cccc(S(=O)(=O)N(C)C(C)C)c1)C(=O)O. The third-order valence-corrected chi connectivity index (χ3v) is 5.54. The molecule has 0 saturated carbocycles. The van der Waals surface area contributed by atoms with Crippen LogP contribution in [0, 0.1) is 0 Å². The lowest BCUT2D eigenvalue weighted by atomic mass is 10.1. The fourth-order valence-electron chi connectivity index (χ4n) is 1.82. The van der Waals surface area contributed by atoms with Gasteiger partial charge in [-0.2, -0.15) is 4.31 Å². The zero-order chi connectivity index (χ0) is 17.8. The van der Waals surface area contributed by atoms with Gasteiger partial charge in [-0.05, 0) is 38.5 Å². The Morgan fingerprint density at radius 2 is 1.91 bits per heavy atom. The summed E-state index contributed by atoms with van der Waals surface area (Å²) < 4.78 is 26.1. The van der Waals surface area contributed by atoms with Crippen LogP contribution >= 0.6 is 0 Å². The number of sulfonamides is 1. The fourth-order valence-corrected chi connectivity index (χ4v) is 3.24. The predicted molar refractivity (Wildman–Crippen MR) is 85.7 cm³/mol. The van der Waals surface area contributed by atoms with Gasteiger partial charge >= 0.3 is 5.97 Å². The lowest BCUT2D eigenvalue weighted by molar-refractivity contribution is -0.139. The van der Waals surface area contributed by atoms with Gasteiger partial charge in [0.2, 0.25) is 10.0 Å². The molecule has 128 valence electrons. The number of aliphatic carboxylic acids is 1. The highest BCUT2D eigenvalue weighted by molar-refractivity contribution is 7.89. The van der Waals surface area contributed by atoms with Crippen molar-refractivity contribution in [1.29, 1.82) is 0 Å². The van der Waals surface area contributed by atoms with Crippen molar-refractivity contribution in [2.24, 2.45) is 0 Å². The molecule has 1 amide bonds. The summed E-state index contributed by atoms with van der Waals surface area (Å²) >= 11 is 0. The van der Waals surface area contributed by atoms with E-state index in [1.54, 1.807) is 20.8 Å². The third-order valence-electron chi connectivity index (χ3n) is 3.51. The van der Waals surface area contributed by atoms with Gasteiger partial charge in [-0.25, -0.2) is 13.2 Å². The van der Waals surface area contributed by atoms with Crippen LogP contribution in [-0.4, -0.2) is 48.8 Å². The molecular weight excluding hydrogens is 320 g/mol. The van der Waals surface area contributed by atoms with Gasteiger partial charge in [0.05, 0.1) is 4.90 Å². The molecule has 1 unspecified atom stereocenters. The molecule has 0 spiro atoms. The Morgan fingerprint density at radius 1 is 1.30 bits per heavy atom. The van der Waals surface area contributed by atoms with Crippen LogP contribution in [0.4, 0.5) is 0 Å². The van der Waals surface area contributed by atoms with Crippen molar-refractivity contribution in [3.8, 4) is 0 Å². The maximum absolute atomic E-state index is 12.4. The van der Waals surface area contributed by atoms with Gasteiger partial charge in [0.1, 0.15) is 6.04 Å². The topological polar surface area (TPSA) is 104 Å². The zero-order valence-corrected chi connectivity index (χ0v) is 14.4. The highest BCUT2D eigenvalue weighted by atomic mass is 32.2. The van der Waals surface area contributed by atoms with E-state index in [1.807, 2.05) is 0 Å². The number of hydrogen-bond donors (Lipinski definition) is 2. The minimum absolute atomic E-state index is 0.00952. The number of amides is 1. The van der Waals surface area contributed by atoms with Crippen molar-refractivity contribution >= 4 is 21.9 Å². The number of nitrogens with zero attached hydrogens (tertiary/aromatic N) is 1. The highest BCUT2D eigenvalue weighted by Crippen LogP contribution is 2.18. The Hall–Kier alpha value is -1.93. The van der Waals surface area contributed by atoms with Crippen molar-refractivity contribution in [1.82, 2.24) is 9.62 Å². The Kier molecular flexibility index (Phi) is 6.28. The molecule has 0 heterocycles. The van der Waals surface area contributed by atoms with E-state index in [0.717, 1.165) is 0 Å². The summed E-state index contributed by atoms with van der Waals surface area (Å²) in [5, 5.41) is 11.3. The Labute approximate surface area is 136 Å². The molecule has 1 aromatic rings. The van der Waals surface area contributed by atoms with E-state index in [0.29, 0.717) is 0 Å². The molecule has 23 heavy (non-hydrogen) atoms. The summed E-state index contributed by atoms with van der Waals surface area (Å²) in [6.07, 6.45) is 0.231. The number of carbonyl (C=O) groups is 2. The number of carbonyl (C=O) groups excluding carboxylic acids is 1. The monoisotopic (exact) mass is 342 g/mol. The zero-order valence-electron chi connectivity index (χ0n) is 13.6. The number of rotatable bonds is 7. The second-order valence-electron chi connectivity index (χ2n) is 5.42. The van der Waals surface area contributed by atoms with Crippen LogP contribution in [0.25, 0.3) is 0 Å². The van der Waals surface area contributed by atoms with E-state index in [2.05, 4.69) is 5.32 Å². The molecular formula is C15H22N2O5S. The van der Waals surface area contributed by atoms with Crippen molar-refractivity contribution in [2.75, 3.05) is 7.05 Å². The standard InChI is InChI=1S/C15H22N2O5S/c1-5-13(15(19)20)16-14(18)11-7-6-8-12(9-11)23(21,22)17(4)10(2)3/h6-10,13H,5H2,1-4H3,(H,16,18)(H,19,20). The number of benzene rings is 1. The first-order valence-corrected chi connectivity index (χ1v) is 8.67. The molecule has 8 heteroatoms. The predicted octanol–water partition coefficient (Wildman–Crippen LogP) is 1.31. The molecule has 0 aliphatic heterocycles. The van der Waals surface area contributed by atoms with E-state index in [4.69, 9.17) is 5.11 Å². The maximum Gasteiger partial charge on any atom is 0.326 e. The molecule has 0 radical (unpaired) electrons. The summed E-state index contributed by atoms with van der Waals surface area (Å²) in [7, 11) is -2.25. The van der Waals surface area contributed by atoms with Gasteiger partial charge in [-0.1, -0.05) is 13.0 Å². The normalized spacial score (nSPS) is 13.1. The van der Waals surface area contributed by atoms with Gasteiger partial charge < -0.3 is 10.4 Å². The summed E-state index contributed by atoms with van der Waals surface area (Å²) in [6, 6.07) is 4.31. The Morgan fingerprint density at radius 3 is 2.39 bits per heavy atom. The summed E-state index contributed by atoms with van der Waals surface area (Å²) in [4.78, 5) is 23.1. The van der Waals surface area contributed by atoms with Gasteiger partial charge in [-0.15, -0.1) is 0 Å². The highest BCUT2D eigenvalue weighted by Gasteiger charge is 2.24. The summed E-state index contributed by atoms with van der Waals surface area (Å²) in [5.74, 6) is -1.76. The molecule has 1 aromatic carbocycles. The lowest BCUT2D eigenvalue weighted by Crippen LogP contribution is -2.40. The molecule has 0 aliphatic rings. The van der Waals surface area contributed by atoms with Crippen molar-refractivity contribution in [3.63, 3.8) is 0 Å². The van der Waals surface area contributed by atoms with Crippen molar-refractivity contribution < 1.29 is 23.1 Å². The molecule has 1 rings (SSSR count). The lowest BCUT2D eigenvalue weighted by Gasteiger charge is -2.21. The van der Waals surface area contributed by atoms with E-state index in [9.17, 15) is 18.0 Å². The number of hydrogen-bond acceptors (Lipinski definition) is 4. The van der Waals surface area contributed by atoms with Crippen LogP contribution in [0.15, 0.2) is 29.2 Å². The smallest absolute Gasteiger partial charge is 0.326 e.